The lowest BCUT2D eigenvalue weighted by Crippen LogP contribution is -2.29. The van der Waals surface area contributed by atoms with E-state index in [4.69, 9.17) is 4.74 Å². The average Bonchev–Trinajstić information content (AvgIpc) is 2.57. The van der Waals surface area contributed by atoms with E-state index in [1.54, 1.807) is 17.4 Å². The molecule has 0 bridgehead atoms. The number of anilines is 2. The Morgan fingerprint density at radius 1 is 0.889 bits per heavy atom. The van der Waals surface area contributed by atoms with E-state index < -0.39 is 18.1 Å². The molecule has 0 unspecified atom stereocenters. The Morgan fingerprint density at radius 3 is 1.93 bits per heavy atom. The summed E-state index contributed by atoms with van der Waals surface area (Å²) in [5, 5.41) is 4.28. The highest BCUT2D eigenvalue weighted by Crippen LogP contribution is 2.19. The van der Waals surface area contributed by atoms with E-state index in [9.17, 15) is 27.6 Å². The molecule has 2 amide bonds. The standard InChI is InChI=1S/C18H15F3N2O4/c1-11(24)22-13-6-8-15(9-7-13)27-16(25)10-12-2-4-14(5-3-12)23-17(26)18(19,20)21/h2-9H,10H2,1H3,(H,22,24)(H,23,26). The van der Waals surface area contributed by atoms with Gasteiger partial charge >= 0.3 is 18.1 Å². The zero-order chi connectivity index (χ0) is 20.0. The molecular formula is C18H15F3N2O4. The first-order valence-electron chi connectivity index (χ1n) is 7.69. The number of amides is 2. The van der Waals surface area contributed by atoms with Crippen LogP contribution in [-0.2, 0) is 20.8 Å². The summed E-state index contributed by atoms with van der Waals surface area (Å²) in [6.45, 7) is 1.37. The summed E-state index contributed by atoms with van der Waals surface area (Å²) in [5.41, 5.74) is 1.02. The van der Waals surface area contributed by atoms with Gasteiger partial charge in [-0.25, -0.2) is 0 Å². The molecule has 27 heavy (non-hydrogen) atoms. The monoisotopic (exact) mass is 380 g/mol. The number of benzene rings is 2. The molecule has 9 heteroatoms. The second-order valence-electron chi connectivity index (χ2n) is 5.51. The van der Waals surface area contributed by atoms with Crippen molar-refractivity contribution in [1.29, 1.82) is 0 Å². The summed E-state index contributed by atoms with van der Waals surface area (Å²) in [6, 6.07) is 11.5. The van der Waals surface area contributed by atoms with Crippen LogP contribution in [0.1, 0.15) is 12.5 Å². The third-order valence-electron chi connectivity index (χ3n) is 3.22. The van der Waals surface area contributed by atoms with Gasteiger partial charge in [0.1, 0.15) is 5.75 Å². The van der Waals surface area contributed by atoms with Crippen LogP contribution in [0.5, 0.6) is 5.75 Å². The minimum Gasteiger partial charge on any atom is -0.426 e. The maximum absolute atomic E-state index is 12.2. The maximum Gasteiger partial charge on any atom is 0.471 e. The van der Waals surface area contributed by atoms with Gasteiger partial charge in [-0.3, -0.25) is 14.4 Å². The Morgan fingerprint density at radius 2 is 1.41 bits per heavy atom. The Kier molecular flexibility index (Phi) is 6.17. The number of carbonyl (C=O) groups is 3. The molecule has 0 heterocycles. The number of esters is 1. The van der Waals surface area contributed by atoms with Crippen LogP contribution in [-0.4, -0.2) is 24.0 Å². The van der Waals surface area contributed by atoms with Crippen LogP contribution in [0.15, 0.2) is 48.5 Å². The van der Waals surface area contributed by atoms with Gasteiger partial charge in [0.15, 0.2) is 0 Å². The third-order valence-corrected chi connectivity index (χ3v) is 3.22. The molecule has 2 aromatic carbocycles. The summed E-state index contributed by atoms with van der Waals surface area (Å²) >= 11 is 0. The molecule has 0 aliphatic heterocycles. The Hall–Kier alpha value is -3.36. The number of hydrogen-bond acceptors (Lipinski definition) is 4. The van der Waals surface area contributed by atoms with Crippen molar-refractivity contribution in [1.82, 2.24) is 0 Å². The zero-order valence-electron chi connectivity index (χ0n) is 14.1. The minimum atomic E-state index is -4.97. The Bertz CT molecular complexity index is 831. The number of rotatable bonds is 5. The van der Waals surface area contributed by atoms with E-state index >= 15 is 0 Å². The normalized spacial score (nSPS) is 10.8. The first-order valence-corrected chi connectivity index (χ1v) is 7.69. The van der Waals surface area contributed by atoms with E-state index in [0.29, 0.717) is 11.3 Å². The SMILES string of the molecule is CC(=O)Nc1ccc(OC(=O)Cc2ccc(NC(=O)C(F)(F)F)cc2)cc1. The fraction of sp³-hybridized carbons (Fsp3) is 0.167. The summed E-state index contributed by atoms with van der Waals surface area (Å²) in [4.78, 5) is 33.7. The van der Waals surface area contributed by atoms with Crippen molar-refractivity contribution in [3.63, 3.8) is 0 Å². The number of carbonyl (C=O) groups excluding carboxylic acids is 3. The lowest BCUT2D eigenvalue weighted by molar-refractivity contribution is -0.167. The molecule has 0 spiro atoms. The van der Waals surface area contributed by atoms with Gasteiger partial charge in [-0.15, -0.1) is 0 Å². The van der Waals surface area contributed by atoms with Crippen LogP contribution in [0.2, 0.25) is 0 Å². The van der Waals surface area contributed by atoms with Crippen LogP contribution >= 0.6 is 0 Å². The van der Waals surface area contributed by atoms with Gasteiger partial charge in [0, 0.05) is 18.3 Å². The number of hydrogen-bond donors (Lipinski definition) is 2. The van der Waals surface area contributed by atoms with Gasteiger partial charge in [-0.2, -0.15) is 13.2 Å². The Labute approximate surface area is 152 Å². The largest absolute Gasteiger partial charge is 0.471 e. The van der Waals surface area contributed by atoms with Gasteiger partial charge in [-0.1, -0.05) is 12.1 Å². The van der Waals surface area contributed by atoms with Crippen molar-refractivity contribution in [2.75, 3.05) is 10.6 Å². The number of ether oxygens (including phenoxy) is 1. The van der Waals surface area contributed by atoms with Gasteiger partial charge in [0.25, 0.3) is 0 Å². The van der Waals surface area contributed by atoms with Gasteiger partial charge in [-0.05, 0) is 42.0 Å². The summed E-state index contributed by atoms with van der Waals surface area (Å²) in [7, 11) is 0. The van der Waals surface area contributed by atoms with Crippen molar-refractivity contribution >= 4 is 29.2 Å². The molecular weight excluding hydrogens is 365 g/mol. The zero-order valence-corrected chi connectivity index (χ0v) is 14.1. The molecule has 2 N–H and O–H groups in total. The first-order chi connectivity index (χ1) is 12.6. The fourth-order valence-electron chi connectivity index (χ4n) is 2.05. The third kappa shape index (κ3) is 6.46. The summed E-state index contributed by atoms with van der Waals surface area (Å²) in [6.07, 6.45) is -5.08. The van der Waals surface area contributed by atoms with E-state index in [0.717, 1.165) is 0 Å². The number of nitrogens with one attached hydrogen (secondary N) is 2. The van der Waals surface area contributed by atoms with Crippen molar-refractivity contribution in [2.24, 2.45) is 0 Å². The molecule has 0 atom stereocenters. The molecule has 142 valence electrons. The van der Waals surface area contributed by atoms with Crippen LogP contribution in [0.25, 0.3) is 0 Å². The average molecular weight is 380 g/mol. The first kappa shape index (κ1) is 20.0. The van der Waals surface area contributed by atoms with Crippen molar-refractivity contribution in [3.8, 4) is 5.75 Å². The van der Waals surface area contributed by atoms with Gasteiger partial charge < -0.3 is 15.4 Å². The summed E-state index contributed by atoms with van der Waals surface area (Å²) < 4.78 is 41.7. The fourth-order valence-corrected chi connectivity index (χ4v) is 2.05. The van der Waals surface area contributed by atoms with E-state index in [1.165, 1.54) is 43.3 Å². The molecule has 6 nitrogen and oxygen atoms in total. The van der Waals surface area contributed by atoms with Crippen molar-refractivity contribution in [2.45, 2.75) is 19.5 Å². The van der Waals surface area contributed by atoms with E-state index in [-0.39, 0.29) is 23.8 Å². The van der Waals surface area contributed by atoms with Crippen LogP contribution < -0.4 is 15.4 Å². The van der Waals surface area contributed by atoms with Crippen molar-refractivity contribution < 1.29 is 32.3 Å². The molecule has 0 aliphatic carbocycles. The molecule has 0 aromatic heterocycles. The van der Waals surface area contributed by atoms with Crippen LogP contribution in [0.3, 0.4) is 0 Å². The molecule has 2 rings (SSSR count). The molecule has 0 radical (unpaired) electrons. The topological polar surface area (TPSA) is 84.5 Å². The van der Waals surface area contributed by atoms with Gasteiger partial charge in [0.05, 0.1) is 6.42 Å². The quantitative estimate of drug-likeness (QED) is 0.616. The minimum absolute atomic E-state index is 0.0389. The van der Waals surface area contributed by atoms with Crippen LogP contribution in [0.4, 0.5) is 24.5 Å². The summed E-state index contributed by atoms with van der Waals surface area (Å²) in [5.74, 6) is -2.59. The number of alkyl halides is 3. The van der Waals surface area contributed by atoms with E-state index in [1.807, 2.05) is 0 Å². The second-order valence-corrected chi connectivity index (χ2v) is 5.51. The predicted molar refractivity (Wildman–Crippen MR) is 91.2 cm³/mol. The molecule has 0 aliphatic rings. The highest BCUT2D eigenvalue weighted by atomic mass is 19.4. The van der Waals surface area contributed by atoms with Gasteiger partial charge in [0.2, 0.25) is 5.91 Å². The lowest BCUT2D eigenvalue weighted by atomic mass is 10.1. The molecule has 0 saturated carbocycles. The molecule has 2 aromatic rings. The molecule has 0 saturated heterocycles. The smallest absolute Gasteiger partial charge is 0.426 e. The highest BCUT2D eigenvalue weighted by Gasteiger charge is 2.38. The highest BCUT2D eigenvalue weighted by molar-refractivity contribution is 5.95. The second kappa shape index (κ2) is 8.35. The van der Waals surface area contributed by atoms with Crippen molar-refractivity contribution in [3.05, 3.63) is 54.1 Å². The molecule has 0 fully saturated rings. The van der Waals surface area contributed by atoms with E-state index in [2.05, 4.69) is 5.32 Å². The predicted octanol–water partition coefficient (Wildman–Crippen LogP) is 3.29. The maximum atomic E-state index is 12.2. The lowest BCUT2D eigenvalue weighted by Gasteiger charge is -2.09. The number of halogens is 3. The van der Waals surface area contributed by atoms with Crippen LogP contribution in [0, 0.1) is 0 Å². The Balaban J connectivity index is 1.90.